The predicted molar refractivity (Wildman–Crippen MR) is 113 cm³/mol. The maximum Gasteiger partial charge on any atom is 0.274 e. The van der Waals surface area contributed by atoms with Crippen LogP contribution < -0.4 is 10.9 Å². The number of piperidine rings is 1. The van der Waals surface area contributed by atoms with Crippen molar-refractivity contribution >= 4 is 17.5 Å². The van der Waals surface area contributed by atoms with Crippen LogP contribution >= 0.6 is 0 Å². The third kappa shape index (κ3) is 4.31. The van der Waals surface area contributed by atoms with E-state index in [9.17, 15) is 14.4 Å². The number of ether oxygens (including phenoxy) is 1. The summed E-state index contributed by atoms with van der Waals surface area (Å²) in [6, 6.07) is 13.1. The van der Waals surface area contributed by atoms with E-state index in [4.69, 9.17) is 4.74 Å². The molecule has 2 aliphatic heterocycles. The summed E-state index contributed by atoms with van der Waals surface area (Å²) < 4.78 is 6.81. The molecule has 2 aliphatic rings. The molecular formula is C23H27N3O4. The van der Waals surface area contributed by atoms with E-state index in [0.717, 1.165) is 17.7 Å². The standard InChI is InChI=1S/C23H27N3O4/c1-30-10-9-22(28)25-13-17-11-18(15-25)20-8-7-19(23(29)26(20)14-17)24-21(27)12-16-5-3-2-4-6-16/h2-8,17-18H,9-15H2,1H3,(H,24,27)/t17-,18+/m0/s1. The highest BCUT2D eigenvalue weighted by Gasteiger charge is 2.36. The number of anilines is 1. The van der Waals surface area contributed by atoms with Gasteiger partial charge in [0.25, 0.3) is 5.56 Å². The number of amides is 2. The number of pyridine rings is 1. The van der Waals surface area contributed by atoms with Gasteiger partial charge in [0.15, 0.2) is 0 Å². The van der Waals surface area contributed by atoms with Crippen LogP contribution in [0.3, 0.4) is 0 Å². The number of rotatable bonds is 6. The Labute approximate surface area is 175 Å². The molecule has 1 saturated heterocycles. The number of hydrogen-bond acceptors (Lipinski definition) is 4. The molecule has 2 aromatic rings. The van der Waals surface area contributed by atoms with Gasteiger partial charge in [-0.25, -0.2) is 0 Å². The zero-order valence-corrected chi connectivity index (χ0v) is 17.2. The minimum Gasteiger partial charge on any atom is -0.384 e. The van der Waals surface area contributed by atoms with Crippen LogP contribution in [0.5, 0.6) is 0 Å². The first-order valence-electron chi connectivity index (χ1n) is 10.4. The number of benzene rings is 1. The average molecular weight is 409 g/mol. The lowest BCUT2D eigenvalue weighted by molar-refractivity contribution is -0.134. The Morgan fingerprint density at radius 3 is 2.67 bits per heavy atom. The maximum atomic E-state index is 13.0. The molecule has 4 rings (SSSR count). The summed E-state index contributed by atoms with van der Waals surface area (Å²) in [5, 5.41) is 2.77. The van der Waals surface area contributed by atoms with Gasteiger partial charge in [-0.15, -0.1) is 0 Å². The van der Waals surface area contributed by atoms with Gasteiger partial charge in [-0.2, -0.15) is 0 Å². The smallest absolute Gasteiger partial charge is 0.274 e. The molecular weight excluding hydrogens is 382 g/mol. The van der Waals surface area contributed by atoms with Crippen molar-refractivity contribution in [3.05, 3.63) is 64.1 Å². The monoisotopic (exact) mass is 409 g/mol. The quantitative estimate of drug-likeness (QED) is 0.792. The lowest BCUT2D eigenvalue weighted by Gasteiger charge is -2.43. The Morgan fingerprint density at radius 2 is 1.90 bits per heavy atom. The Kier molecular flexibility index (Phi) is 5.99. The minimum atomic E-state index is -0.204. The lowest BCUT2D eigenvalue weighted by atomic mass is 9.83. The van der Waals surface area contributed by atoms with Gasteiger partial charge in [-0.1, -0.05) is 30.3 Å². The summed E-state index contributed by atoms with van der Waals surface area (Å²) in [6.07, 6.45) is 1.59. The third-order valence-electron chi connectivity index (χ3n) is 5.96. The topological polar surface area (TPSA) is 80.6 Å². The highest BCUT2D eigenvalue weighted by atomic mass is 16.5. The minimum absolute atomic E-state index is 0.104. The molecule has 0 unspecified atom stereocenters. The van der Waals surface area contributed by atoms with Crippen molar-refractivity contribution < 1.29 is 14.3 Å². The predicted octanol–water partition coefficient (Wildman–Crippen LogP) is 2.01. The van der Waals surface area contributed by atoms with Crippen molar-refractivity contribution in [2.45, 2.75) is 31.7 Å². The second-order valence-electron chi connectivity index (χ2n) is 8.14. The van der Waals surface area contributed by atoms with E-state index in [2.05, 4.69) is 5.32 Å². The van der Waals surface area contributed by atoms with Gasteiger partial charge in [-0.3, -0.25) is 14.4 Å². The van der Waals surface area contributed by atoms with Crippen LogP contribution in [-0.4, -0.2) is 48.1 Å². The molecule has 7 heteroatoms. The van der Waals surface area contributed by atoms with Crippen LogP contribution in [0.2, 0.25) is 0 Å². The number of aromatic nitrogens is 1. The van der Waals surface area contributed by atoms with Crippen LogP contribution in [0.4, 0.5) is 5.69 Å². The van der Waals surface area contributed by atoms with Gasteiger partial charge >= 0.3 is 0 Å². The van der Waals surface area contributed by atoms with E-state index in [0.29, 0.717) is 38.3 Å². The fraction of sp³-hybridized carbons (Fsp3) is 0.435. The number of hydrogen-bond donors (Lipinski definition) is 1. The molecule has 2 atom stereocenters. The largest absolute Gasteiger partial charge is 0.384 e. The van der Waals surface area contributed by atoms with Crippen molar-refractivity contribution in [3.8, 4) is 0 Å². The fourth-order valence-electron chi connectivity index (χ4n) is 4.57. The van der Waals surface area contributed by atoms with Gasteiger partial charge in [0, 0.05) is 38.4 Å². The summed E-state index contributed by atoms with van der Waals surface area (Å²) in [5.41, 5.74) is 2.00. The molecule has 158 valence electrons. The van der Waals surface area contributed by atoms with E-state index in [1.807, 2.05) is 41.3 Å². The molecule has 3 heterocycles. The van der Waals surface area contributed by atoms with Crippen molar-refractivity contribution in [2.75, 3.05) is 32.1 Å². The van der Waals surface area contributed by atoms with Crippen LogP contribution in [-0.2, 0) is 27.3 Å². The van der Waals surface area contributed by atoms with Crippen LogP contribution in [0.15, 0.2) is 47.3 Å². The van der Waals surface area contributed by atoms with Crippen molar-refractivity contribution in [1.29, 1.82) is 0 Å². The molecule has 0 aliphatic carbocycles. The van der Waals surface area contributed by atoms with Crippen molar-refractivity contribution in [2.24, 2.45) is 5.92 Å². The number of fused-ring (bicyclic) bond motifs is 4. The molecule has 1 N–H and O–H groups in total. The molecule has 1 fully saturated rings. The first-order valence-corrected chi connectivity index (χ1v) is 10.4. The zero-order valence-electron chi connectivity index (χ0n) is 17.2. The first-order chi connectivity index (χ1) is 14.5. The van der Waals surface area contributed by atoms with E-state index < -0.39 is 0 Å². The van der Waals surface area contributed by atoms with E-state index in [1.165, 1.54) is 0 Å². The van der Waals surface area contributed by atoms with Gasteiger partial charge in [0.1, 0.15) is 5.69 Å². The number of methoxy groups -OCH3 is 1. The van der Waals surface area contributed by atoms with Crippen LogP contribution in [0, 0.1) is 5.92 Å². The zero-order chi connectivity index (χ0) is 21.1. The molecule has 1 aromatic heterocycles. The van der Waals surface area contributed by atoms with Gasteiger partial charge in [-0.05, 0) is 30.0 Å². The Bertz CT molecular complexity index is 986. The Morgan fingerprint density at radius 1 is 1.10 bits per heavy atom. The summed E-state index contributed by atoms with van der Waals surface area (Å²) >= 11 is 0. The van der Waals surface area contributed by atoms with Crippen LogP contribution in [0.1, 0.15) is 30.0 Å². The summed E-state index contributed by atoms with van der Waals surface area (Å²) in [7, 11) is 1.59. The first kappa shape index (κ1) is 20.3. The van der Waals surface area contributed by atoms with Crippen molar-refractivity contribution in [3.63, 3.8) is 0 Å². The number of likely N-dealkylation sites (tertiary alicyclic amines) is 1. The number of nitrogens with zero attached hydrogens (tertiary/aromatic N) is 2. The Balaban J connectivity index is 1.48. The highest BCUT2D eigenvalue weighted by Crippen LogP contribution is 2.35. The van der Waals surface area contributed by atoms with Gasteiger partial charge < -0.3 is 19.5 Å². The summed E-state index contributed by atoms with van der Waals surface area (Å²) in [4.78, 5) is 39.8. The second kappa shape index (κ2) is 8.83. The van der Waals surface area contributed by atoms with Crippen molar-refractivity contribution in [1.82, 2.24) is 9.47 Å². The van der Waals surface area contributed by atoms with E-state index in [-0.39, 0.29) is 35.6 Å². The fourth-order valence-corrected chi connectivity index (χ4v) is 4.57. The normalized spacial score (nSPS) is 19.8. The van der Waals surface area contributed by atoms with E-state index in [1.54, 1.807) is 17.7 Å². The van der Waals surface area contributed by atoms with Gasteiger partial charge in [0.05, 0.1) is 19.4 Å². The molecule has 2 amide bonds. The summed E-state index contributed by atoms with van der Waals surface area (Å²) in [5.74, 6) is 0.290. The van der Waals surface area contributed by atoms with E-state index >= 15 is 0 Å². The SMILES string of the molecule is COCCC(=O)N1C[C@@H]2C[C@H](C1)c1ccc(NC(=O)Cc3ccccc3)c(=O)n1C2. The Hall–Kier alpha value is -2.93. The molecule has 7 nitrogen and oxygen atoms in total. The molecule has 2 bridgehead atoms. The molecule has 0 spiro atoms. The summed E-state index contributed by atoms with van der Waals surface area (Å²) in [6.45, 7) is 2.28. The third-order valence-corrected chi connectivity index (χ3v) is 5.96. The molecule has 1 aromatic carbocycles. The molecule has 30 heavy (non-hydrogen) atoms. The molecule has 0 saturated carbocycles. The average Bonchev–Trinajstić information content (AvgIpc) is 2.75. The number of carbonyl (C=O) groups is 2. The molecule has 0 radical (unpaired) electrons. The van der Waals surface area contributed by atoms with Crippen LogP contribution in [0.25, 0.3) is 0 Å². The highest BCUT2D eigenvalue weighted by molar-refractivity contribution is 5.92. The second-order valence-corrected chi connectivity index (χ2v) is 8.14. The number of carbonyl (C=O) groups excluding carboxylic acids is 2. The maximum absolute atomic E-state index is 13.0. The lowest BCUT2D eigenvalue weighted by Crippen LogP contribution is -2.49. The number of nitrogens with one attached hydrogen (secondary N) is 1. The van der Waals surface area contributed by atoms with Gasteiger partial charge in [0.2, 0.25) is 11.8 Å².